The van der Waals surface area contributed by atoms with Gasteiger partial charge in [0, 0.05) is 22.1 Å². The molecule has 0 radical (unpaired) electrons. The number of rotatable bonds is 14. The molecular formula is C90H76N2. The van der Waals surface area contributed by atoms with Gasteiger partial charge in [-0.05, 0) is 171 Å². The fourth-order valence-corrected chi connectivity index (χ4v) is 16.6. The summed E-state index contributed by atoms with van der Waals surface area (Å²) in [4.78, 5) is 5.25. The Balaban J connectivity index is 0.919. The van der Waals surface area contributed by atoms with Crippen molar-refractivity contribution < 1.29 is 0 Å². The fourth-order valence-electron chi connectivity index (χ4n) is 16.6. The molecule has 0 aromatic heterocycles. The van der Waals surface area contributed by atoms with Crippen molar-refractivity contribution in [1.82, 2.24) is 0 Å². The normalized spacial score (nSPS) is 13.6. The van der Waals surface area contributed by atoms with Crippen LogP contribution in [0.3, 0.4) is 0 Å². The Hall–Kier alpha value is -10.3. The minimum atomic E-state index is -0.512. The standard InChI is InChI=1S/C90H76N2/c1-57(2)69-33-23-34-70(58(3)4)87(69)91(67-49-45-65(46-50-67)89(63-25-11-9-12-26-63)79-37-19-15-29-73(79)74-30-16-20-38-80(74)89)83-55-43-61-42-54-78-84(56-44-62-41-53-77(83)85(61)86(62)78)92(88-71(59(5)6)35-24-36-72(88)60(7)8)68-51-47-66(48-52-68)90(64-27-13-10-14-28-64)81-39-21-17-31-75(81)76-32-18-22-40-82(76)90/h9-60H,1-8H3. The molecule has 2 nitrogen and oxygen atoms in total. The molecule has 0 heterocycles. The first-order valence-electron chi connectivity index (χ1n) is 33.3. The molecule has 14 aromatic rings. The number of benzene rings is 14. The summed E-state index contributed by atoms with van der Waals surface area (Å²) in [6.07, 6.45) is 0. The summed E-state index contributed by atoms with van der Waals surface area (Å²) >= 11 is 0. The Bertz CT molecular complexity index is 4640. The third kappa shape index (κ3) is 8.45. The van der Waals surface area contributed by atoms with E-state index in [4.69, 9.17) is 0 Å². The molecule has 0 N–H and O–H groups in total. The second-order valence-electron chi connectivity index (χ2n) is 27.0. The molecule has 0 aliphatic heterocycles. The molecule has 0 atom stereocenters. The van der Waals surface area contributed by atoms with E-state index in [1.165, 1.54) is 133 Å². The van der Waals surface area contributed by atoms with E-state index in [1.807, 2.05) is 0 Å². The van der Waals surface area contributed by atoms with E-state index in [-0.39, 0.29) is 23.7 Å². The van der Waals surface area contributed by atoms with Crippen molar-refractivity contribution in [2.24, 2.45) is 0 Å². The maximum Gasteiger partial charge on any atom is 0.0713 e. The maximum absolute atomic E-state index is 2.62. The van der Waals surface area contributed by atoms with Crippen LogP contribution >= 0.6 is 0 Å². The highest BCUT2D eigenvalue weighted by Crippen LogP contribution is 2.59. The Labute approximate surface area is 543 Å². The van der Waals surface area contributed by atoms with Gasteiger partial charge in [-0.2, -0.15) is 0 Å². The number of fused-ring (bicyclic) bond motifs is 6. The first-order chi connectivity index (χ1) is 45.0. The number of hydrogen-bond donors (Lipinski definition) is 0. The molecule has 446 valence electrons. The Morgan fingerprint density at radius 3 is 0.815 bits per heavy atom. The van der Waals surface area contributed by atoms with Crippen LogP contribution in [0.25, 0.3) is 54.6 Å². The monoisotopic (exact) mass is 1180 g/mol. The van der Waals surface area contributed by atoms with Crippen LogP contribution in [0, 0.1) is 0 Å². The second kappa shape index (κ2) is 22.3. The molecular weight excluding hydrogens is 1110 g/mol. The van der Waals surface area contributed by atoms with Crippen LogP contribution in [0.5, 0.6) is 0 Å². The van der Waals surface area contributed by atoms with Crippen LogP contribution in [-0.4, -0.2) is 0 Å². The van der Waals surface area contributed by atoms with E-state index in [0.29, 0.717) is 0 Å². The van der Waals surface area contributed by atoms with Crippen molar-refractivity contribution in [3.63, 3.8) is 0 Å². The van der Waals surface area contributed by atoms with Gasteiger partial charge in [0.05, 0.1) is 33.6 Å². The van der Waals surface area contributed by atoms with Gasteiger partial charge in [-0.15, -0.1) is 0 Å². The summed E-state index contributed by atoms with van der Waals surface area (Å²) in [7, 11) is 0. The van der Waals surface area contributed by atoms with Crippen LogP contribution in [-0.2, 0) is 10.8 Å². The molecule has 2 aliphatic rings. The van der Waals surface area contributed by atoms with Crippen molar-refractivity contribution in [2.75, 3.05) is 9.80 Å². The zero-order chi connectivity index (χ0) is 62.6. The third-order valence-corrected chi connectivity index (χ3v) is 20.7. The minimum Gasteiger partial charge on any atom is -0.309 e. The lowest BCUT2D eigenvalue weighted by atomic mass is 9.67. The van der Waals surface area contributed by atoms with Gasteiger partial charge in [-0.3, -0.25) is 0 Å². The number of hydrogen-bond acceptors (Lipinski definition) is 2. The summed E-state index contributed by atoms with van der Waals surface area (Å²) in [5.74, 6) is 1.05. The minimum absolute atomic E-state index is 0.263. The van der Waals surface area contributed by atoms with Crippen molar-refractivity contribution in [3.05, 3.63) is 358 Å². The molecule has 0 spiro atoms. The average molecular weight is 1190 g/mol. The van der Waals surface area contributed by atoms with Gasteiger partial charge in [-0.25, -0.2) is 0 Å². The molecule has 2 heteroatoms. The number of anilines is 6. The van der Waals surface area contributed by atoms with E-state index in [0.717, 1.165) is 22.7 Å². The lowest BCUT2D eigenvalue weighted by Gasteiger charge is -2.36. The van der Waals surface area contributed by atoms with Gasteiger partial charge in [0.1, 0.15) is 0 Å². The second-order valence-corrected chi connectivity index (χ2v) is 27.0. The van der Waals surface area contributed by atoms with E-state index in [9.17, 15) is 0 Å². The van der Waals surface area contributed by atoms with Crippen LogP contribution in [0.1, 0.15) is 146 Å². The largest absolute Gasteiger partial charge is 0.309 e. The Morgan fingerprint density at radius 1 is 0.239 bits per heavy atom. The van der Waals surface area contributed by atoms with E-state index in [1.54, 1.807) is 0 Å². The van der Waals surface area contributed by atoms with Gasteiger partial charge in [0.15, 0.2) is 0 Å². The molecule has 0 amide bonds. The molecule has 16 rings (SSSR count). The van der Waals surface area contributed by atoms with Crippen molar-refractivity contribution in [1.29, 1.82) is 0 Å². The number of para-hydroxylation sites is 2. The summed E-state index contributed by atoms with van der Waals surface area (Å²) < 4.78 is 0. The summed E-state index contributed by atoms with van der Waals surface area (Å²) in [6.45, 7) is 18.8. The smallest absolute Gasteiger partial charge is 0.0713 e. The van der Waals surface area contributed by atoms with Crippen molar-refractivity contribution in [2.45, 2.75) is 89.9 Å². The molecule has 0 saturated heterocycles. The maximum atomic E-state index is 2.62. The molecule has 0 unspecified atom stereocenters. The third-order valence-electron chi connectivity index (χ3n) is 20.7. The predicted molar refractivity (Wildman–Crippen MR) is 390 cm³/mol. The van der Waals surface area contributed by atoms with Crippen LogP contribution in [0.15, 0.2) is 291 Å². The van der Waals surface area contributed by atoms with Gasteiger partial charge in [0.2, 0.25) is 0 Å². The van der Waals surface area contributed by atoms with E-state index < -0.39 is 10.8 Å². The number of nitrogens with zero attached hydrogens (tertiary/aromatic N) is 2. The molecule has 2 aliphatic carbocycles. The molecule has 14 aromatic carbocycles. The van der Waals surface area contributed by atoms with Gasteiger partial charge in [-0.1, -0.05) is 310 Å². The van der Waals surface area contributed by atoms with Gasteiger partial charge in [0.25, 0.3) is 0 Å². The van der Waals surface area contributed by atoms with Crippen molar-refractivity contribution in [3.8, 4) is 22.3 Å². The zero-order valence-electron chi connectivity index (χ0n) is 53.9. The van der Waals surface area contributed by atoms with Gasteiger partial charge < -0.3 is 9.80 Å². The summed E-state index contributed by atoms with van der Waals surface area (Å²) in [6, 6.07) is 111. The molecule has 0 bridgehead atoms. The van der Waals surface area contributed by atoms with Crippen molar-refractivity contribution >= 4 is 66.4 Å². The SMILES string of the molecule is CC(C)c1cccc(C(C)C)c1N(c1ccc(C2(c3ccccc3)c3ccccc3-c3ccccc32)cc1)c1ccc2ccc3c(N(c4ccc(C5(c6ccccc6)c6ccccc6-c6ccccc65)cc4)c4c(C(C)C)cccc4C(C)C)ccc4ccc1c2c43. The van der Waals surface area contributed by atoms with Crippen LogP contribution in [0.2, 0.25) is 0 Å². The van der Waals surface area contributed by atoms with Crippen LogP contribution in [0.4, 0.5) is 34.1 Å². The molecule has 0 fully saturated rings. The van der Waals surface area contributed by atoms with E-state index >= 15 is 0 Å². The lowest BCUT2D eigenvalue weighted by Crippen LogP contribution is -2.28. The first kappa shape index (κ1) is 56.9. The predicted octanol–water partition coefficient (Wildman–Crippen LogP) is 24.7. The van der Waals surface area contributed by atoms with Crippen LogP contribution < -0.4 is 9.80 Å². The molecule has 0 saturated carbocycles. The molecule has 92 heavy (non-hydrogen) atoms. The summed E-state index contributed by atoms with van der Waals surface area (Å²) in [5.41, 5.74) is 26.9. The highest BCUT2D eigenvalue weighted by molar-refractivity contribution is 6.28. The highest BCUT2D eigenvalue weighted by atomic mass is 15.2. The Kier molecular flexibility index (Phi) is 13.8. The van der Waals surface area contributed by atoms with Gasteiger partial charge >= 0.3 is 0 Å². The fraction of sp³-hybridized carbons (Fsp3) is 0.156. The first-order valence-corrected chi connectivity index (χ1v) is 33.3. The van der Waals surface area contributed by atoms with E-state index in [2.05, 4.69) is 356 Å². The Morgan fingerprint density at radius 2 is 0.511 bits per heavy atom. The quantitative estimate of drug-likeness (QED) is 0.100. The average Bonchev–Trinajstić information content (AvgIpc) is 1.52. The topological polar surface area (TPSA) is 6.48 Å². The zero-order valence-corrected chi connectivity index (χ0v) is 53.9. The lowest BCUT2D eigenvalue weighted by molar-refractivity contribution is 0.768. The highest BCUT2D eigenvalue weighted by Gasteiger charge is 2.47. The summed E-state index contributed by atoms with van der Waals surface area (Å²) in [5, 5.41) is 7.44.